The molecule has 1 aromatic carbocycles. The van der Waals surface area contributed by atoms with Gasteiger partial charge in [0.05, 0.1) is 17.3 Å². The zero-order valence-corrected chi connectivity index (χ0v) is 13.9. The van der Waals surface area contributed by atoms with E-state index in [9.17, 15) is 4.79 Å². The molecule has 0 saturated carbocycles. The minimum atomic E-state index is -0.617. The van der Waals surface area contributed by atoms with Crippen molar-refractivity contribution in [3.8, 4) is 0 Å². The maximum absolute atomic E-state index is 12.5. The van der Waals surface area contributed by atoms with Gasteiger partial charge >= 0.3 is 0 Å². The van der Waals surface area contributed by atoms with Crippen LogP contribution in [0.4, 0.5) is 11.5 Å². The fourth-order valence-corrected chi connectivity index (χ4v) is 2.05. The van der Waals surface area contributed by atoms with Crippen LogP contribution in [0, 0.1) is 0 Å². The second kappa shape index (κ2) is 7.27. The van der Waals surface area contributed by atoms with Crippen molar-refractivity contribution >= 4 is 29.8 Å². The summed E-state index contributed by atoms with van der Waals surface area (Å²) in [6.07, 6.45) is 2.55. The molecule has 0 unspecified atom stereocenters. The Balaban J connectivity index is 0.00000242. The maximum Gasteiger partial charge on any atom is 0.234 e. The van der Waals surface area contributed by atoms with Gasteiger partial charge in [-0.15, -0.1) is 12.4 Å². The second-order valence-corrected chi connectivity index (χ2v) is 5.60. The van der Waals surface area contributed by atoms with Gasteiger partial charge in [0, 0.05) is 0 Å². The largest absolute Gasteiger partial charge is 0.384 e. The van der Waals surface area contributed by atoms with Crippen molar-refractivity contribution in [3.63, 3.8) is 0 Å². The standard InChI is InChI=1S/C17H21N3O.ClH/c1-4-12-5-7-13(8-6-12)17(2,3)16(21)20-14-9-10-15(18)19-11-14;/h5-11H,4H2,1-3H3,(H2,18,19)(H,20,21);1H. The number of nitrogens with one attached hydrogen (secondary N) is 1. The summed E-state index contributed by atoms with van der Waals surface area (Å²) in [7, 11) is 0. The van der Waals surface area contributed by atoms with Crippen LogP contribution in [0.3, 0.4) is 0 Å². The fourth-order valence-electron chi connectivity index (χ4n) is 2.05. The lowest BCUT2D eigenvalue weighted by Gasteiger charge is -2.24. The maximum atomic E-state index is 12.5. The zero-order chi connectivity index (χ0) is 15.5. The summed E-state index contributed by atoms with van der Waals surface area (Å²) in [6, 6.07) is 11.6. The van der Waals surface area contributed by atoms with Crippen LogP contribution in [0.15, 0.2) is 42.6 Å². The fraction of sp³-hybridized carbons (Fsp3) is 0.294. The molecule has 118 valence electrons. The van der Waals surface area contributed by atoms with E-state index in [2.05, 4.69) is 29.4 Å². The van der Waals surface area contributed by atoms with Crippen LogP contribution in [0.5, 0.6) is 0 Å². The molecule has 2 rings (SSSR count). The van der Waals surface area contributed by atoms with E-state index < -0.39 is 5.41 Å². The van der Waals surface area contributed by atoms with Crippen molar-refractivity contribution in [3.05, 3.63) is 53.7 Å². The van der Waals surface area contributed by atoms with Gasteiger partial charge in [0.1, 0.15) is 5.82 Å². The highest BCUT2D eigenvalue weighted by atomic mass is 35.5. The average Bonchev–Trinajstić information content (AvgIpc) is 2.49. The van der Waals surface area contributed by atoms with E-state index in [0.29, 0.717) is 11.5 Å². The third kappa shape index (κ3) is 3.98. The molecule has 1 aromatic heterocycles. The van der Waals surface area contributed by atoms with E-state index >= 15 is 0 Å². The number of aryl methyl sites for hydroxylation is 1. The molecular formula is C17H22ClN3O. The van der Waals surface area contributed by atoms with Gasteiger partial charge in [-0.1, -0.05) is 31.2 Å². The molecule has 4 nitrogen and oxygen atoms in total. The molecule has 0 aliphatic heterocycles. The Labute approximate surface area is 137 Å². The van der Waals surface area contributed by atoms with Gasteiger partial charge in [-0.25, -0.2) is 4.98 Å². The Morgan fingerprint density at radius 1 is 1.18 bits per heavy atom. The van der Waals surface area contributed by atoms with Crippen LogP contribution in [0.1, 0.15) is 31.9 Å². The van der Waals surface area contributed by atoms with Crippen molar-refractivity contribution in [1.29, 1.82) is 0 Å². The first kappa shape index (κ1) is 18.0. The van der Waals surface area contributed by atoms with Gasteiger partial charge in [-0.05, 0) is 43.5 Å². The summed E-state index contributed by atoms with van der Waals surface area (Å²) in [5.74, 6) is 0.362. The van der Waals surface area contributed by atoms with Gasteiger partial charge in [0.15, 0.2) is 0 Å². The van der Waals surface area contributed by atoms with Gasteiger partial charge in [0.25, 0.3) is 0 Å². The van der Waals surface area contributed by atoms with E-state index in [0.717, 1.165) is 12.0 Å². The second-order valence-electron chi connectivity index (χ2n) is 5.60. The van der Waals surface area contributed by atoms with Gasteiger partial charge in [-0.3, -0.25) is 4.79 Å². The summed E-state index contributed by atoms with van der Waals surface area (Å²) >= 11 is 0. The molecule has 0 atom stereocenters. The highest BCUT2D eigenvalue weighted by Crippen LogP contribution is 2.25. The molecule has 0 fully saturated rings. The number of hydrogen-bond donors (Lipinski definition) is 2. The van der Waals surface area contributed by atoms with Crippen molar-refractivity contribution in [2.24, 2.45) is 0 Å². The van der Waals surface area contributed by atoms with Gasteiger partial charge in [0.2, 0.25) is 5.91 Å². The third-order valence-corrected chi connectivity index (χ3v) is 3.70. The number of rotatable bonds is 4. The lowest BCUT2D eigenvalue weighted by Crippen LogP contribution is -2.34. The molecule has 0 aliphatic carbocycles. The predicted molar refractivity (Wildman–Crippen MR) is 93.4 cm³/mol. The van der Waals surface area contributed by atoms with E-state index in [4.69, 9.17) is 5.73 Å². The van der Waals surface area contributed by atoms with Crippen LogP contribution in [-0.2, 0) is 16.6 Å². The first-order valence-electron chi connectivity index (χ1n) is 7.06. The number of pyridine rings is 1. The number of amides is 1. The molecule has 22 heavy (non-hydrogen) atoms. The molecule has 0 aliphatic rings. The van der Waals surface area contributed by atoms with Crippen LogP contribution in [0.25, 0.3) is 0 Å². The van der Waals surface area contributed by atoms with Crippen molar-refractivity contribution in [2.45, 2.75) is 32.6 Å². The number of halogens is 1. The average molecular weight is 320 g/mol. The summed E-state index contributed by atoms with van der Waals surface area (Å²) in [5.41, 5.74) is 7.81. The van der Waals surface area contributed by atoms with Crippen molar-refractivity contribution in [1.82, 2.24) is 4.98 Å². The van der Waals surface area contributed by atoms with Crippen LogP contribution in [-0.4, -0.2) is 10.9 Å². The zero-order valence-electron chi connectivity index (χ0n) is 13.1. The number of aromatic nitrogens is 1. The SMILES string of the molecule is CCc1ccc(C(C)(C)C(=O)Nc2ccc(N)nc2)cc1.Cl. The summed E-state index contributed by atoms with van der Waals surface area (Å²) in [4.78, 5) is 16.5. The molecule has 3 N–H and O–H groups in total. The number of carbonyl (C=O) groups is 1. The van der Waals surface area contributed by atoms with E-state index in [-0.39, 0.29) is 18.3 Å². The number of nitrogen functional groups attached to an aromatic ring is 1. The summed E-state index contributed by atoms with van der Waals surface area (Å²) in [6.45, 7) is 5.93. The Morgan fingerprint density at radius 3 is 2.32 bits per heavy atom. The number of nitrogens with two attached hydrogens (primary N) is 1. The van der Waals surface area contributed by atoms with Gasteiger partial charge < -0.3 is 11.1 Å². The Hall–Kier alpha value is -2.07. The highest BCUT2D eigenvalue weighted by Gasteiger charge is 2.29. The third-order valence-electron chi connectivity index (χ3n) is 3.70. The monoisotopic (exact) mass is 319 g/mol. The Bertz CT molecular complexity index is 621. The molecule has 1 heterocycles. The summed E-state index contributed by atoms with van der Waals surface area (Å²) in [5, 5.41) is 2.88. The Morgan fingerprint density at radius 2 is 1.82 bits per heavy atom. The lowest BCUT2D eigenvalue weighted by atomic mass is 9.83. The molecular weight excluding hydrogens is 298 g/mol. The molecule has 0 spiro atoms. The molecule has 5 heteroatoms. The number of carbonyl (C=O) groups excluding carboxylic acids is 1. The topological polar surface area (TPSA) is 68.0 Å². The number of nitrogens with zero attached hydrogens (tertiary/aromatic N) is 1. The van der Waals surface area contributed by atoms with E-state index in [1.165, 1.54) is 5.56 Å². The van der Waals surface area contributed by atoms with E-state index in [1.807, 2.05) is 26.0 Å². The minimum absolute atomic E-state index is 0. The molecule has 0 bridgehead atoms. The lowest BCUT2D eigenvalue weighted by molar-refractivity contribution is -0.120. The normalized spacial score (nSPS) is 10.7. The van der Waals surface area contributed by atoms with Gasteiger partial charge in [-0.2, -0.15) is 0 Å². The summed E-state index contributed by atoms with van der Waals surface area (Å²) < 4.78 is 0. The van der Waals surface area contributed by atoms with Crippen LogP contribution >= 0.6 is 12.4 Å². The first-order chi connectivity index (χ1) is 9.93. The predicted octanol–water partition coefficient (Wildman–Crippen LogP) is 3.56. The smallest absolute Gasteiger partial charge is 0.234 e. The minimum Gasteiger partial charge on any atom is -0.384 e. The highest BCUT2D eigenvalue weighted by molar-refractivity contribution is 5.98. The molecule has 0 saturated heterocycles. The molecule has 0 radical (unpaired) electrons. The first-order valence-corrected chi connectivity index (χ1v) is 7.06. The van der Waals surface area contributed by atoms with Crippen molar-refractivity contribution in [2.75, 3.05) is 11.1 Å². The van der Waals surface area contributed by atoms with Crippen molar-refractivity contribution < 1.29 is 4.79 Å². The van der Waals surface area contributed by atoms with E-state index in [1.54, 1.807) is 18.3 Å². The number of benzene rings is 1. The molecule has 1 amide bonds. The molecule has 2 aromatic rings. The van der Waals surface area contributed by atoms with Crippen LogP contribution < -0.4 is 11.1 Å². The quantitative estimate of drug-likeness (QED) is 0.905. The number of hydrogen-bond acceptors (Lipinski definition) is 3. The van der Waals surface area contributed by atoms with Crippen LogP contribution in [0.2, 0.25) is 0 Å². The number of anilines is 2. The Kier molecular flexibility index (Phi) is 5.94.